The zero-order valence-electron chi connectivity index (χ0n) is 19.2. The first-order chi connectivity index (χ1) is 15.3. The van der Waals surface area contributed by atoms with Gasteiger partial charge in [0.15, 0.2) is 6.61 Å². The van der Waals surface area contributed by atoms with Crippen LogP contribution in [-0.2, 0) is 14.3 Å². The summed E-state index contributed by atoms with van der Waals surface area (Å²) in [6, 6.07) is 15.9. The van der Waals surface area contributed by atoms with Crippen LogP contribution in [0.5, 0.6) is 11.5 Å². The first-order valence-corrected chi connectivity index (χ1v) is 10.8. The number of hydrogen-bond donors (Lipinski definition) is 1. The van der Waals surface area contributed by atoms with Crippen molar-refractivity contribution >= 4 is 11.9 Å². The van der Waals surface area contributed by atoms with Crippen LogP contribution in [0.4, 0.5) is 0 Å². The molecule has 0 aliphatic carbocycles. The molecule has 32 heavy (non-hydrogen) atoms. The van der Waals surface area contributed by atoms with E-state index in [0.717, 1.165) is 5.75 Å². The van der Waals surface area contributed by atoms with E-state index in [0.29, 0.717) is 23.8 Å². The molecule has 1 atom stereocenters. The molecule has 0 radical (unpaired) electrons. The van der Waals surface area contributed by atoms with Crippen molar-refractivity contribution in [3.8, 4) is 11.5 Å². The number of benzene rings is 2. The lowest BCUT2D eigenvalue weighted by atomic mass is 10.2. The molecule has 0 aromatic heterocycles. The summed E-state index contributed by atoms with van der Waals surface area (Å²) in [4.78, 5) is 24.6. The summed E-state index contributed by atoms with van der Waals surface area (Å²) in [5.74, 6) is 0.925. The molecule has 1 amide bonds. The van der Waals surface area contributed by atoms with E-state index >= 15 is 0 Å². The first-order valence-electron chi connectivity index (χ1n) is 10.8. The number of nitrogens with one attached hydrogen (secondary N) is 1. The molecular weight excluding hydrogens is 410 g/mol. The Kier molecular flexibility index (Phi) is 10.5. The smallest absolute Gasteiger partial charge is 0.344 e. The maximum absolute atomic E-state index is 12.3. The van der Waals surface area contributed by atoms with E-state index in [2.05, 4.69) is 19.2 Å². The number of amides is 1. The molecule has 0 unspecified atom stereocenters. The molecule has 2 aromatic carbocycles. The molecule has 0 saturated heterocycles. The largest absolute Gasteiger partial charge is 0.493 e. The van der Waals surface area contributed by atoms with E-state index in [1.165, 1.54) is 0 Å². The predicted molar refractivity (Wildman–Crippen MR) is 122 cm³/mol. The molecule has 0 fully saturated rings. The Balaban J connectivity index is 1.82. The number of carbonyl (C=O) groups is 2. The molecule has 2 aromatic rings. The van der Waals surface area contributed by atoms with Gasteiger partial charge in [0.25, 0.3) is 5.91 Å². The summed E-state index contributed by atoms with van der Waals surface area (Å²) >= 11 is 0. The lowest BCUT2D eigenvalue weighted by molar-refractivity contribution is -0.155. The highest BCUT2D eigenvalue weighted by atomic mass is 16.6. The number of hydrogen-bond acceptors (Lipinski definition) is 6. The third-order valence-corrected chi connectivity index (χ3v) is 4.20. The SMILES string of the molecule is CC(C)COc1ccc(OCC(=O)O[C@@H](CNC(=O)c2ccccc2)COC(C)C)cc1. The Hall–Kier alpha value is -3.06. The van der Waals surface area contributed by atoms with Crippen LogP contribution in [0.3, 0.4) is 0 Å². The van der Waals surface area contributed by atoms with Gasteiger partial charge in [-0.3, -0.25) is 4.79 Å². The monoisotopic (exact) mass is 443 g/mol. The summed E-state index contributed by atoms with van der Waals surface area (Å²) in [6.45, 7) is 8.61. The van der Waals surface area contributed by atoms with Gasteiger partial charge in [-0.15, -0.1) is 0 Å². The van der Waals surface area contributed by atoms with Gasteiger partial charge in [0.2, 0.25) is 0 Å². The molecule has 0 aliphatic heterocycles. The summed E-state index contributed by atoms with van der Waals surface area (Å²) < 4.78 is 22.2. The second-order valence-electron chi connectivity index (χ2n) is 8.03. The number of rotatable bonds is 13. The second kappa shape index (κ2) is 13.4. The van der Waals surface area contributed by atoms with Gasteiger partial charge in [0, 0.05) is 5.56 Å². The third kappa shape index (κ3) is 9.83. The van der Waals surface area contributed by atoms with Crippen molar-refractivity contribution in [2.45, 2.75) is 39.9 Å². The highest BCUT2D eigenvalue weighted by Gasteiger charge is 2.18. The molecule has 0 heterocycles. The van der Waals surface area contributed by atoms with Gasteiger partial charge in [0.05, 0.1) is 25.9 Å². The lowest BCUT2D eigenvalue weighted by Crippen LogP contribution is -2.39. The maximum atomic E-state index is 12.3. The van der Waals surface area contributed by atoms with Crippen molar-refractivity contribution in [3.05, 3.63) is 60.2 Å². The molecule has 2 rings (SSSR count). The molecule has 7 nitrogen and oxygen atoms in total. The summed E-state index contributed by atoms with van der Waals surface area (Å²) in [5, 5.41) is 2.78. The van der Waals surface area contributed by atoms with Gasteiger partial charge in [-0.05, 0) is 56.2 Å². The van der Waals surface area contributed by atoms with Crippen LogP contribution >= 0.6 is 0 Å². The van der Waals surface area contributed by atoms with Gasteiger partial charge < -0.3 is 24.3 Å². The summed E-state index contributed by atoms with van der Waals surface area (Å²) in [7, 11) is 0. The predicted octanol–water partition coefficient (Wildman–Crippen LogP) is 3.87. The van der Waals surface area contributed by atoms with Gasteiger partial charge in [0.1, 0.15) is 17.6 Å². The summed E-state index contributed by atoms with van der Waals surface area (Å²) in [6.07, 6.45) is -0.665. The van der Waals surface area contributed by atoms with E-state index in [-0.39, 0.29) is 31.8 Å². The van der Waals surface area contributed by atoms with Crippen molar-refractivity contribution in [2.24, 2.45) is 5.92 Å². The van der Waals surface area contributed by atoms with E-state index in [4.69, 9.17) is 18.9 Å². The van der Waals surface area contributed by atoms with Gasteiger partial charge in [-0.25, -0.2) is 4.79 Å². The average Bonchev–Trinajstić information content (AvgIpc) is 2.79. The third-order valence-electron chi connectivity index (χ3n) is 4.20. The zero-order valence-corrected chi connectivity index (χ0v) is 19.2. The summed E-state index contributed by atoms with van der Waals surface area (Å²) in [5.41, 5.74) is 0.534. The topological polar surface area (TPSA) is 83.1 Å². The van der Waals surface area contributed by atoms with Crippen LogP contribution in [0.25, 0.3) is 0 Å². The number of ether oxygens (including phenoxy) is 4. The normalized spacial score (nSPS) is 11.8. The Morgan fingerprint density at radius 1 is 0.844 bits per heavy atom. The molecule has 0 bridgehead atoms. The molecule has 0 aliphatic rings. The van der Waals surface area contributed by atoms with Crippen molar-refractivity contribution in [2.75, 3.05) is 26.4 Å². The minimum Gasteiger partial charge on any atom is -0.493 e. The number of carbonyl (C=O) groups excluding carboxylic acids is 2. The highest BCUT2D eigenvalue weighted by molar-refractivity contribution is 5.94. The second-order valence-corrected chi connectivity index (χ2v) is 8.03. The highest BCUT2D eigenvalue weighted by Crippen LogP contribution is 2.18. The van der Waals surface area contributed by atoms with Crippen LogP contribution in [0.15, 0.2) is 54.6 Å². The molecule has 174 valence electrons. The quantitative estimate of drug-likeness (QED) is 0.473. The van der Waals surface area contributed by atoms with Crippen molar-refractivity contribution < 1.29 is 28.5 Å². The van der Waals surface area contributed by atoms with Crippen LogP contribution < -0.4 is 14.8 Å². The van der Waals surface area contributed by atoms with Gasteiger partial charge >= 0.3 is 5.97 Å². The van der Waals surface area contributed by atoms with E-state index in [1.54, 1.807) is 48.5 Å². The van der Waals surface area contributed by atoms with Gasteiger partial charge in [-0.2, -0.15) is 0 Å². The Morgan fingerprint density at radius 3 is 2.06 bits per heavy atom. The minimum atomic E-state index is -0.632. The van der Waals surface area contributed by atoms with Crippen molar-refractivity contribution in [1.29, 1.82) is 0 Å². The molecule has 0 spiro atoms. The Labute approximate surface area is 190 Å². The van der Waals surface area contributed by atoms with E-state index in [1.807, 2.05) is 19.9 Å². The standard InChI is InChI=1S/C25H33NO6/c1-18(2)15-30-21-10-12-22(13-11-21)31-17-24(27)32-23(16-29-19(3)4)14-26-25(28)20-8-6-5-7-9-20/h5-13,18-19,23H,14-17H2,1-4H3,(H,26,28)/t23-/m0/s1. The van der Waals surface area contributed by atoms with Crippen LogP contribution in [0.1, 0.15) is 38.1 Å². The van der Waals surface area contributed by atoms with Crippen LogP contribution in [0.2, 0.25) is 0 Å². The van der Waals surface area contributed by atoms with E-state index < -0.39 is 12.1 Å². The average molecular weight is 444 g/mol. The van der Waals surface area contributed by atoms with E-state index in [9.17, 15) is 9.59 Å². The minimum absolute atomic E-state index is 0.0336. The van der Waals surface area contributed by atoms with Crippen molar-refractivity contribution in [3.63, 3.8) is 0 Å². The maximum Gasteiger partial charge on any atom is 0.344 e. The van der Waals surface area contributed by atoms with Gasteiger partial charge in [-0.1, -0.05) is 32.0 Å². The van der Waals surface area contributed by atoms with Crippen molar-refractivity contribution in [1.82, 2.24) is 5.32 Å². The lowest BCUT2D eigenvalue weighted by Gasteiger charge is -2.20. The first kappa shape index (κ1) is 25.2. The zero-order chi connectivity index (χ0) is 23.3. The Morgan fingerprint density at radius 2 is 1.47 bits per heavy atom. The van der Waals surface area contributed by atoms with Crippen LogP contribution in [-0.4, -0.2) is 50.4 Å². The Bertz CT molecular complexity index is 820. The van der Waals surface area contributed by atoms with Crippen LogP contribution in [0, 0.1) is 5.92 Å². The molecular formula is C25H33NO6. The molecule has 7 heteroatoms. The fourth-order valence-corrected chi connectivity index (χ4v) is 2.59. The molecule has 0 saturated carbocycles. The fraction of sp³-hybridized carbons (Fsp3) is 0.440. The fourth-order valence-electron chi connectivity index (χ4n) is 2.59. The number of esters is 1. The molecule has 1 N–H and O–H groups in total.